The Bertz CT molecular complexity index is 1290. The standard InChI is InChI=1S/C21H19F3N4OS/c1-3-9-28-16-10-13(21(22,23)24)7-8-15(16)25-20(28)30-11-17-26-18-12(2)5-4-6-14(18)19(29)27-17/h4-8,10H,3,9,11H2,1-2H3,(H,26,27,29). The number of thioether (sulfide) groups is 1. The van der Waals surface area contributed by atoms with Gasteiger partial charge in [-0.3, -0.25) is 4.79 Å². The molecule has 0 aliphatic carbocycles. The van der Waals surface area contributed by atoms with Crippen molar-refractivity contribution < 1.29 is 13.2 Å². The van der Waals surface area contributed by atoms with Crippen LogP contribution in [0.25, 0.3) is 21.9 Å². The van der Waals surface area contributed by atoms with Crippen molar-refractivity contribution in [1.82, 2.24) is 19.5 Å². The zero-order chi connectivity index (χ0) is 21.5. The van der Waals surface area contributed by atoms with Gasteiger partial charge in [0.25, 0.3) is 5.56 Å². The third-order valence-corrected chi connectivity index (χ3v) is 5.80. The molecule has 0 bridgehead atoms. The number of aromatic nitrogens is 4. The van der Waals surface area contributed by atoms with E-state index in [0.717, 1.165) is 24.1 Å². The Hall–Kier alpha value is -2.81. The van der Waals surface area contributed by atoms with Gasteiger partial charge in [0.1, 0.15) is 5.82 Å². The van der Waals surface area contributed by atoms with Gasteiger partial charge in [0, 0.05) is 6.54 Å². The van der Waals surface area contributed by atoms with Gasteiger partial charge in [-0.2, -0.15) is 13.2 Å². The summed E-state index contributed by atoms with van der Waals surface area (Å²) in [5.41, 5.74) is 1.60. The molecule has 0 fully saturated rings. The molecular formula is C21H19F3N4OS. The lowest BCUT2D eigenvalue weighted by atomic mass is 10.1. The number of nitrogens with zero attached hydrogens (tertiary/aromatic N) is 3. The first-order valence-corrected chi connectivity index (χ1v) is 10.5. The van der Waals surface area contributed by atoms with Gasteiger partial charge in [-0.25, -0.2) is 9.97 Å². The SMILES string of the molecule is CCCn1c(SCc2nc3c(C)cccc3c(=O)[nH]2)nc2ccc(C(F)(F)F)cc21. The highest BCUT2D eigenvalue weighted by Gasteiger charge is 2.31. The van der Waals surface area contributed by atoms with Crippen LogP contribution >= 0.6 is 11.8 Å². The van der Waals surface area contributed by atoms with Gasteiger partial charge in [0.2, 0.25) is 0 Å². The number of aryl methyl sites for hydroxylation is 2. The van der Waals surface area contributed by atoms with E-state index in [-0.39, 0.29) is 5.56 Å². The minimum absolute atomic E-state index is 0.212. The number of hydrogen-bond donors (Lipinski definition) is 1. The fourth-order valence-corrected chi connectivity index (χ4v) is 4.29. The molecule has 0 saturated heterocycles. The van der Waals surface area contributed by atoms with Crippen LogP contribution in [0.3, 0.4) is 0 Å². The van der Waals surface area contributed by atoms with Crippen molar-refractivity contribution in [1.29, 1.82) is 0 Å². The average molecular weight is 432 g/mol. The molecule has 4 aromatic rings. The van der Waals surface area contributed by atoms with E-state index in [0.29, 0.717) is 45.2 Å². The highest BCUT2D eigenvalue weighted by molar-refractivity contribution is 7.98. The lowest BCUT2D eigenvalue weighted by molar-refractivity contribution is -0.137. The molecule has 0 aliphatic rings. The molecule has 0 amide bonds. The van der Waals surface area contributed by atoms with Crippen molar-refractivity contribution in [3.8, 4) is 0 Å². The smallest absolute Gasteiger partial charge is 0.319 e. The fourth-order valence-electron chi connectivity index (χ4n) is 3.38. The van der Waals surface area contributed by atoms with Crippen molar-refractivity contribution in [3.63, 3.8) is 0 Å². The molecule has 4 rings (SSSR count). The lowest BCUT2D eigenvalue weighted by Crippen LogP contribution is -2.12. The van der Waals surface area contributed by atoms with E-state index in [1.54, 1.807) is 10.6 Å². The molecule has 0 aliphatic heterocycles. The predicted octanol–water partition coefficient (Wildman–Crippen LogP) is 5.30. The van der Waals surface area contributed by atoms with E-state index in [2.05, 4.69) is 15.0 Å². The van der Waals surface area contributed by atoms with Gasteiger partial charge < -0.3 is 9.55 Å². The number of alkyl halides is 3. The largest absolute Gasteiger partial charge is 0.416 e. The molecule has 0 saturated carbocycles. The number of H-pyrrole nitrogens is 1. The third kappa shape index (κ3) is 3.81. The van der Waals surface area contributed by atoms with E-state index in [1.807, 2.05) is 26.0 Å². The number of para-hydroxylation sites is 1. The molecule has 1 N–H and O–H groups in total. The number of halogens is 3. The van der Waals surface area contributed by atoms with Crippen LogP contribution in [0.4, 0.5) is 13.2 Å². The monoisotopic (exact) mass is 432 g/mol. The van der Waals surface area contributed by atoms with E-state index in [1.165, 1.54) is 17.8 Å². The summed E-state index contributed by atoms with van der Waals surface area (Å²) in [6.45, 7) is 4.39. The molecule has 5 nitrogen and oxygen atoms in total. The fraction of sp³-hybridized carbons (Fsp3) is 0.286. The van der Waals surface area contributed by atoms with E-state index >= 15 is 0 Å². The number of imidazole rings is 1. The van der Waals surface area contributed by atoms with Crippen LogP contribution in [0.15, 0.2) is 46.3 Å². The number of rotatable bonds is 5. The summed E-state index contributed by atoms with van der Waals surface area (Å²) >= 11 is 1.34. The summed E-state index contributed by atoms with van der Waals surface area (Å²) in [6, 6.07) is 9.01. The Labute approximate surface area is 174 Å². The van der Waals surface area contributed by atoms with Gasteiger partial charge in [-0.1, -0.05) is 30.8 Å². The molecule has 0 radical (unpaired) electrons. The maximum absolute atomic E-state index is 13.1. The molecule has 2 heterocycles. The molecule has 9 heteroatoms. The topological polar surface area (TPSA) is 63.6 Å². The summed E-state index contributed by atoms with van der Waals surface area (Å²) < 4.78 is 41.2. The number of benzene rings is 2. The van der Waals surface area contributed by atoms with Gasteiger partial charge in [0.15, 0.2) is 5.16 Å². The Morgan fingerprint density at radius 1 is 1.17 bits per heavy atom. The van der Waals surface area contributed by atoms with Crippen LogP contribution in [0.1, 0.15) is 30.3 Å². The van der Waals surface area contributed by atoms with Gasteiger partial charge in [-0.05, 0) is 43.2 Å². The molecule has 2 aromatic carbocycles. The van der Waals surface area contributed by atoms with E-state index in [9.17, 15) is 18.0 Å². The van der Waals surface area contributed by atoms with Crippen LogP contribution in [-0.2, 0) is 18.5 Å². The number of nitrogens with one attached hydrogen (secondary N) is 1. The molecule has 30 heavy (non-hydrogen) atoms. The highest BCUT2D eigenvalue weighted by atomic mass is 32.2. The Kier molecular flexibility index (Phi) is 5.31. The maximum atomic E-state index is 13.1. The first-order chi connectivity index (χ1) is 14.3. The molecule has 0 atom stereocenters. The lowest BCUT2D eigenvalue weighted by Gasteiger charge is -2.10. The zero-order valence-electron chi connectivity index (χ0n) is 16.4. The molecule has 0 spiro atoms. The van der Waals surface area contributed by atoms with E-state index in [4.69, 9.17) is 0 Å². The Morgan fingerprint density at radius 3 is 2.70 bits per heavy atom. The van der Waals surface area contributed by atoms with E-state index < -0.39 is 11.7 Å². The van der Waals surface area contributed by atoms with Crippen molar-refractivity contribution >= 4 is 33.7 Å². The summed E-state index contributed by atoms with van der Waals surface area (Å²) in [6.07, 6.45) is -3.66. The second-order valence-corrected chi connectivity index (χ2v) is 7.96. The van der Waals surface area contributed by atoms with Crippen molar-refractivity contribution in [3.05, 3.63) is 63.7 Å². The second kappa shape index (κ2) is 7.79. The zero-order valence-corrected chi connectivity index (χ0v) is 17.2. The van der Waals surface area contributed by atoms with Gasteiger partial charge in [-0.15, -0.1) is 0 Å². The van der Waals surface area contributed by atoms with Crippen LogP contribution in [-0.4, -0.2) is 19.5 Å². The van der Waals surface area contributed by atoms with Crippen LogP contribution in [0, 0.1) is 6.92 Å². The first kappa shape index (κ1) is 20.5. The van der Waals surface area contributed by atoms with Crippen molar-refractivity contribution in [2.45, 2.75) is 43.9 Å². The van der Waals surface area contributed by atoms with Crippen LogP contribution < -0.4 is 5.56 Å². The minimum atomic E-state index is -4.41. The summed E-state index contributed by atoms with van der Waals surface area (Å²) in [7, 11) is 0. The number of fused-ring (bicyclic) bond motifs is 2. The Morgan fingerprint density at radius 2 is 1.97 bits per heavy atom. The molecular weight excluding hydrogens is 413 g/mol. The number of hydrogen-bond acceptors (Lipinski definition) is 4. The Balaban J connectivity index is 1.70. The minimum Gasteiger partial charge on any atom is -0.319 e. The quantitative estimate of drug-likeness (QED) is 0.435. The number of aromatic amines is 1. The summed E-state index contributed by atoms with van der Waals surface area (Å²) in [4.78, 5) is 24.2. The van der Waals surface area contributed by atoms with Crippen LogP contribution in [0.5, 0.6) is 0 Å². The highest BCUT2D eigenvalue weighted by Crippen LogP contribution is 2.33. The van der Waals surface area contributed by atoms with Crippen LogP contribution in [0.2, 0.25) is 0 Å². The molecule has 2 aromatic heterocycles. The van der Waals surface area contributed by atoms with Crippen molar-refractivity contribution in [2.75, 3.05) is 0 Å². The molecule has 156 valence electrons. The van der Waals surface area contributed by atoms with Crippen molar-refractivity contribution in [2.24, 2.45) is 0 Å². The normalized spacial score (nSPS) is 12.2. The first-order valence-electron chi connectivity index (χ1n) is 9.46. The predicted molar refractivity (Wildman–Crippen MR) is 112 cm³/mol. The third-order valence-electron chi connectivity index (χ3n) is 4.81. The second-order valence-electron chi connectivity index (χ2n) is 7.02. The van der Waals surface area contributed by atoms with Gasteiger partial charge >= 0.3 is 6.18 Å². The summed E-state index contributed by atoms with van der Waals surface area (Å²) in [5, 5.41) is 1.13. The molecule has 0 unspecified atom stereocenters. The summed E-state index contributed by atoms with van der Waals surface area (Å²) in [5.74, 6) is 0.844. The van der Waals surface area contributed by atoms with Gasteiger partial charge in [0.05, 0.1) is 33.3 Å². The average Bonchev–Trinajstić information content (AvgIpc) is 3.04. The maximum Gasteiger partial charge on any atom is 0.416 e.